The number of rotatable bonds is 4. The number of fused-ring (bicyclic) bond motifs is 9. The third-order valence-corrected chi connectivity index (χ3v) is 10.1. The first-order chi connectivity index (χ1) is 24.3. The molecule has 0 saturated heterocycles. The molecular weight excluding hydrogens is 599 g/mol. The van der Waals surface area contributed by atoms with Gasteiger partial charge < -0.3 is 9.32 Å². The van der Waals surface area contributed by atoms with E-state index >= 15 is 0 Å². The summed E-state index contributed by atoms with van der Waals surface area (Å²) < 4.78 is 6.05. The monoisotopic (exact) mass is 627 g/mol. The van der Waals surface area contributed by atoms with Gasteiger partial charge in [0.05, 0.1) is 16.8 Å². The molecule has 4 nitrogen and oxygen atoms in total. The van der Waals surface area contributed by atoms with E-state index in [0.29, 0.717) is 11.8 Å². The van der Waals surface area contributed by atoms with Crippen LogP contribution in [-0.2, 0) is 5.41 Å². The van der Waals surface area contributed by atoms with Crippen LogP contribution in [0, 0.1) is 0 Å². The molecule has 230 valence electrons. The minimum atomic E-state index is -0.488. The number of hydrogen-bond acceptors (Lipinski definition) is 4. The van der Waals surface area contributed by atoms with Gasteiger partial charge in [0.25, 0.3) is 0 Å². The lowest BCUT2D eigenvalue weighted by atomic mass is 9.64. The van der Waals surface area contributed by atoms with Crippen molar-refractivity contribution in [3.63, 3.8) is 0 Å². The topological polar surface area (TPSA) is 42.2 Å². The summed E-state index contributed by atoms with van der Waals surface area (Å²) in [6.45, 7) is 0. The van der Waals surface area contributed by atoms with Gasteiger partial charge in [-0.15, -0.1) is 10.2 Å². The highest BCUT2D eigenvalue weighted by molar-refractivity contribution is 5.96. The zero-order valence-corrected chi connectivity index (χ0v) is 26.5. The predicted molar refractivity (Wildman–Crippen MR) is 196 cm³/mol. The van der Waals surface area contributed by atoms with Gasteiger partial charge in [-0.25, -0.2) is 0 Å². The van der Waals surface area contributed by atoms with E-state index in [1.807, 2.05) is 30.3 Å². The van der Waals surface area contributed by atoms with Gasteiger partial charge in [0, 0.05) is 16.8 Å². The second-order valence-corrected chi connectivity index (χ2v) is 12.6. The molecular formula is C45H29N3O. The average molecular weight is 628 g/mol. The van der Waals surface area contributed by atoms with Crippen LogP contribution < -0.4 is 4.90 Å². The molecule has 49 heavy (non-hydrogen) atoms. The summed E-state index contributed by atoms with van der Waals surface area (Å²) in [6, 6.07) is 62.8. The smallest absolute Gasteiger partial charge is 0.248 e. The van der Waals surface area contributed by atoms with Crippen molar-refractivity contribution in [2.75, 3.05) is 4.90 Å². The Balaban J connectivity index is 1.14. The normalized spacial score (nSPS) is 13.4. The maximum Gasteiger partial charge on any atom is 0.248 e. The summed E-state index contributed by atoms with van der Waals surface area (Å²) >= 11 is 0. The van der Waals surface area contributed by atoms with E-state index in [1.54, 1.807) is 0 Å². The van der Waals surface area contributed by atoms with Gasteiger partial charge >= 0.3 is 0 Å². The molecule has 1 aliphatic heterocycles. The summed E-state index contributed by atoms with van der Waals surface area (Å²) in [5, 5.41) is 8.63. The first kappa shape index (κ1) is 27.6. The summed E-state index contributed by atoms with van der Waals surface area (Å²) in [5.74, 6) is 1.02. The van der Waals surface area contributed by atoms with E-state index in [-0.39, 0.29) is 0 Å². The van der Waals surface area contributed by atoms with Crippen LogP contribution in [0.2, 0.25) is 0 Å². The molecule has 1 aromatic heterocycles. The lowest BCUT2D eigenvalue weighted by molar-refractivity contribution is 0.584. The largest absolute Gasteiger partial charge is 0.416 e. The Morgan fingerprint density at radius 3 is 1.55 bits per heavy atom. The van der Waals surface area contributed by atoms with E-state index in [1.165, 1.54) is 44.8 Å². The Morgan fingerprint density at radius 2 is 0.878 bits per heavy atom. The molecule has 0 N–H and O–H groups in total. The Hall–Kier alpha value is -6.52. The third kappa shape index (κ3) is 4.04. The van der Waals surface area contributed by atoms with E-state index in [4.69, 9.17) is 4.42 Å². The van der Waals surface area contributed by atoms with Crippen LogP contribution in [0.1, 0.15) is 22.3 Å². The Morgan fingerprint density at radius 1 is 0.388 bits per heavy atom. The maximum absolute atomic E-state index is 6.05. The number of hydrogen-bond donors (Lipinski definition) is 0. The van der Waals surface area contributed by atoms with Crippen molar-refractivity contribution < 1.29 is 4.42 Å². The van der Waals surface area contributed by atoms with Gasteiger partial charge in [0.2, 0.25) is 11.8 Å². The number of benzene rings is 7. The van der Waals surface area contributed by atoms with Crippen LogP contribution >= 0.6 is 0 Å². The van der Waals surface area contributed by atoms with Crippen LogP contribution in [0.5, 0.6) is 0 Å². The second kappa shape index (κ2) is 10.8. The highest BCUT2D eigenvalue weighted by Crippen LogP contribution is 2.63. The van der Waals surface area contributed by atoms with Gasteiger partial charge in [-0.1, -0.05) is 121 Å². The molecule has 10 rings (SSSR count). The van der Waals surface area contributed by atoms with Crippen LogP contribution in [0.3, 0.4) is 0 Å². The number of para-hydroxylation sites is 3. The number of nitrogens with zero attached hydrogens (tertiary/aromatic N) is 3. The fourth-order valence-corrected chi connectivity index (χ4v) is 7.98. The Bertz CT molecular complexity index is 2450. The minimum absolute atomic E-state index is 0.488. The first-order valence-corrected chi connectivity index (χ1v) is 16.6. The summed E-state index contributed by atoms with van der Waals surface area (Å²) in [4.78, 5) is 2.42. The van der Waals surface area contributed by atoms with Gasteiger partial charge in [-0.05, 0) is 99.1 Å². The SMILES string of the molecule is c1ccc(-c2nnc(-c3ccc(-c4ccc5c(c4)C4(c6ccccc6-5)c5ccccc5N(c5ccccc5)c5ccccc54)cc3)o2)cc1. The number of aromatic nitrogens is 2. The fourth-order valence-electron chi connectivity index (χ4n) is 7.98. The molecule has 4 heteroatoms. The molecule has 2 aliphatic rings. The van der Waals surface area contributed by atoms with E-state index in [0.717, 1.165) is 27.9 Å². The van der Waals surface area contributed by atoms with Crippen molar-refractivity contribution in [3.05, 3.63) is 198 Å². The highest BCUT2D eigenvalue weighted by Gasteiger charge is 2.51. The summed E-state index contributed by atoms with van der Waals surface area (Å²) in [6.07, 6.45) is 0. The quantitative estimate of drug-likeness (QED) is 0.195. The van der Waals surface area contributed by atoms with Crippen LogP contribution in [-0.4, -0.2) is 10.2 Å². The van der Waals surface area contributed by atoms with Gasteiger partial charge in [-0.2, -0.15) is 0 Å². The Kier molecular flexibility index (Phi) is 6.06. The molecule has 0 saturated carbocycles. The fraction of sp³-hybridized carbons (Fsp3) is 0.0222. The predicted octanol–water partition coefficient (Wildman–Crippen LogP) is 11.2. The molecule has 2 heterocycles. The standard InChI is InChI=1S/C45H29N3O/c1-3-13-31(14-4-1)43-46-47-44(49-43)32-25-23-30(24-26-32)33-27-28-36-35-17-7-8-18-37(35)45(40(36)29-33)38-19-9-11-21-41(38)48(34-15-5-2-6-16-34)42-22-12-10-20-39(42)45/h1-29H. The van der Waals surface area contributed by atoms with Gasteiger partial charge in [0.15, 0.2) is 0 Å². The highest BCUT2D eigenvalue weighted by atomic mass is 16.4. The van der Waals surface area contributed by atoms with Crippen molar-refractivity contribution in [1.82, 2.24) is 10.2 Å². The molecule has 0 fully saturated rings. The van der Waals surface area contributed by atoms with Gasteiger partial charge in [-0.3, -0.25) is 0 Å². The van der Waals surface area contributed by atoms with E-state index in [9.17, 15) is 0 Å². The zero-order chi connectivity index (χ0) is 32.4. The molecule has 1 aliphatic carbocycles. The summed E-state index contributed by atoms with van der Waals surface area (Å²) in [5.41, 5.74) is 14.9. The third-order valence-electron chi connectivity index (χ3n) is 10.1. The van der Waals surface area contributed by atoms with Crippen molar-refractivity contribution in [2.45, 2.75) is 5.41 Å². The van der Waals surface area contributed by atoms with Crippen LogP contribution in [0.15, 0.2) is 180 Å². The first-order valence-electron chi connectivity index (χ1n) is 16.6. The summed E-state index contributed by atoms with van der Waals surface area (Å²) in [7, 11) is 0. The molecule has 0 amide bonds. The number of anilines is 3. The second-order valence-electron chi connectivity index (χ2n) is 12.6. The van der Waals surface area contributed by atoms with Crippen molar-refractivity contribution in [2.24, 2.45) is 0 Å². The maximum atomic E-state index is 6.05. The molecule has 0 radical (unpaired) electrons. The molecule has 0 atom stereocenters. The van der Waals surface area contributed by atoms with E-state index < -0.39 is 5.41 Å². The molecule has 0 bridgehead atoms. The molecule has 8 aromatic rings. The lowest BCUT2D eigenvalue weighted by Gasteiger charge is -2.45. The average Bonchev–Trinajstić information content (AvgIpc) is 3.79. The van der Waals surface area contributed by atoms with Crippen molar-refractivity contribution >= 4 is 17.1 Å². The Labute approximate surface area is 284 Å². The molecule has 7 aromatic carbocycles. The molecule has 0 unspecified atom stereocenters. The van der Waals surface area contributed by atoms with Crippen LogP contribution in [0.25, 0.3) is 45.2 Å². The lowest BCUT2D eigenvalue weighted by Crippen LogP contribution is -2.36. The zero-order valence-electron chi connectivity index (χ0n) is 26.5. The minimum Gasteiger partial charge on any atom is -0.416 e. The van der Waals surface area contributed by atoms with Gasteiger partial charge in [0.1, 0.15) is 0 Å². The van der Waals surface area contributed by atoms with E-state index in [2.05, 4.69) is 161 Å². The molecule has 1 spiro atoms. The van der Waals surface area contributed by atoms with Crippen molar-refractivity contribution in [1.29, 1.82) is 0 Å². The van der Waals surface area contributed by atoms with Crippen LogP contribution in [0.4, 0.5) is 17.1 Å². The van der Waals surface area contributed by atoms with Crippen molar-refractivity contribution in [3.8, 4) is 45.2 Å².